The standard InChI is InChI=1S/C13H18N2O5S/c1-20-8-9-4-5-15(7-9)21(18,19)12-6-10(14)2-3-11(12)13(16)17/h2-3,6,9H,4-5,7-8,14H2,1H3,(H,16,17). The molecule has 0 bridgehead atoms. The first-order valence-corrected chi connectivity index (χ1v) is 7.92. The van der Waals surface area contributed by atoms with Crippen LogP contribution < -0.4 is 5.73 Å². The number of nitrogens with zero attached hydrogens (tertiary/aromatic N) is 1. The van der Waals surface area contributed by atoms with Gasteiger partial charge in [0.2, 0.25) is 10.0 Å². The lowest BCUT2D eigenvalue weighted by Crippen LogP contribution is -2.30. The minimum atomic E-state index is -3.87. The van der Waals surface area contributed by atoms with Gasteiger partial charge in [-0.2, -0.15) is 4.31 Å². The Morgan fingerprint density at radius 3 is 2.86 bits per heavy atom. The zero-order valence-electron chi connectivity index (χ0n) is 11.7. The molecule has 1 aromatic carbocycles. The van der Waals surface area contributed by atoms with Crippen molar-refractivity contribution in [1.29, 1.82) is 0 Å². The van der Waals surface area contributed by atoms with Crippen molar-refractivity contribution in [2.24, 2.45) is 5.92 Å². The number of hydrogen-bond acceptors (Lipinski definition) is 5. The molecular weight excluding hydrogens is 296 g/mol. The third-order valence-corrected chi connectivity index (χ3v) is 5.41. The first kappa shape index (κ1) is 15.7. The molecule has 0 amide bonds. The number of ether oxygens (including phenoxy) is 1. The number of rotatable bonds is 5. The molecule has 1 atom stereocenters. The quantitative estimate of drug-likeness (QED) is 0.771. The van der Waals surface area contributed by atoms with Gasteiger partial charge in [0, 0.05) is 25.9 Å². The lowest BCUT2D eigenvalue weighted by Gasteiger charge is -2.18. The van der Waals surface area contributed by atoms with Gasteiger partial charge >= 0.3 is 5.97 Å². The molecule has 1 fully saturated rings. The third kappa shape index (κ3) is 3.17. The van der Waals surface area contributed by atoms with Crippen molar-refractivity contribution in [2.75, 3.05) is 32.5 Å². The van der Waals surface area contributed by atoms with Gasteiger partial charge in [0.1, 0.15) is 0 Å². The molecule has 0 radical (unpaired) electrons. The summed E-state index contributed by atoms with van der Waals surface area (Å²) in [5, 5.41) is 9.16. The van der Waals surface area contributed by atoms with Gasteiger partial charge in [0.25, 0.3) is 0 Å². The molecule has 1 heterocycles. The van der Waals surface area contributed by atoms with Crippen LogP contribution in [0.2, 0.25) is 0 Å². The summed E-state index contributed by atoms with van der Waals surface area (Å²) in [5.74, 6) is -1.17. The molecule has 1 aliphatic rings. The highest BCUT2D eigenvalue weighted by atomic mass is 32.2. The smallest absolute Gasteiger partial charge is 0.337 e. The fraction of sp³-hybridized carbons (Fsp3) is 0.462. The van der Waals surface area contributed by atoms with Crippen LogP contribution in [-0.4, -0.2) is 50.6 Å². The number of sulfonamides is 1. The molecule has 1 saturated heterocycles. The molecule has 8 heteroatoms. The molecule has 21 heavy (non-hydrogen) atoms. The van der Waals surface area contributed by atoms with Gasteiger partial charge in [-0.15, -0.1) is 0 Å². The third-order valence-electron chi connectivity index (χ3n) is 3.50. The minimum Gasteiger partial charge on any atom is -0.478 e. The van der Waals surface area contributed by atoms with Crippen LogP contribution in [0.15, 0.2) is 23.1 Å². The second kappa shape index (κ2) is 6.00. The van der Waals surface area contributed by atoms with Crippen LogP contribution in [0.5, 0.6) is 0 Å². The summed E-state index contributed by atoms with van der Waals surface area (Å²) in [6.07, 6.45) is 0.692. The molecule has 7 nitrogen and oxygen atoms in total. The molecule has 0 saturated carbocycles. The monoisotopic (exact) mass is 314 g/mol. The van der Waals surface area contributed by atoms with E-state index in [0.29, 0.717) is 26.1 Å². The second-order valence-electron chi connectivity index (χ2n) is 5.03. The number of carboxylic acids is 1. The van der Waals surface area contributed by atoms with E-state index in [4.69, 9.17) is 15.6 Å². The number of carbonyl (C=O) groups is 1. The number of methoxy groups -OCH3 is 1. The molecule has 3 N–H and O–H groups in total. The number of nitrogen functional groups attached to an aromatic ring is 1. The van der Waals surface area contributed by atoms with E-state index in [-0.39, 0.29) is 22.1 Å². The van der Waals surface area contributed by atoms with E-state index in [0.717, 1.165) is 0 Å². The Bertz CT molecular complexity index is 644. The summed E-state index contributed by atoms with van der Waals surface area (Å²) >= 11 is 0. The highest BCUT2D eigenvalue weighted by Crippen LogP contribution is 2.28. The lowest BCUT2D eigenvalue weighted by molar-refractivity contribution is 0.0692. The Morgan fingerprint density at radius 1 is 1.52 bits per heavy atom. The zero-order chi connectivity index (χ0) is 15.6. The van der Waals surface area contributed by atoms with E-state index in [1.807, 2.05) is 0 Å². The minimum absolute atomic E-state index is 0.124. The summed E-state index contributed by atoms with van der Waals surface area (Å²) < 4.78 is 31.6. The predicted octanol–water partition coefficient (Wildman–Crippen LogP) is 0.624. The van der Waals surface area contributed by atoms with Crippen LogP contribution in [0.25, 0.3) is 0 Å². The maximum absolute atomic E-state index is 12.6. The Morgan fingerprint density at radius 2 is 2.24 bits per heavy atom. The lowest BCUT2D eigenvalue weighted by atomic mass is 10.1. The van der Waals surface area contributed by atoms with Crippen molar-refractivity contribution < 1.29 is 23.1 Å². The highest BCUT2D eigenvalue weighted by Gasteiger charge is 2.34. The first-order chi connectivity index (χ1) is 9.86. The van der Waals surface area contributed by atoms with Gasteiger partial charge in [-0.25, -0.2) is 13.2 Å². The van der Waals surface area contributed by atoms with Gasteiger partial charge in [0.05, 0.1) is 17.1 Å². The second-order valence-corrected chi connectivity index (χ2v) is 6.94. The molecule has 116 valence electrons. The number of carboxylic acid groups (broad SMARTS) is 1. The summed E-state index contributed by atoms with van der Waals surface area (Å²) in [7, 11) is -2.30. The molecule has 1 aliphatic heterocycles. The van der Waals surface area contributed by atoms with Crippen molar-refractivity contribution >= 4 is 21.7 Å². The fourth-order valence-electron chi connectivity index (χ4n) is 2.46. The summed E-state index contributed by atoms with van der Waals surface area (Å²) in [4.78, 5) is 11.0. The van der Waals surface area contributed by atoms with E-state index < -0.39 is 16.0 Å². The summed E-state index contributed by atoms with van der Waals surface area (Å²) in [5.41, 5.74) is 5.55. The van der Waals surface area contributed by atoms with Crippen LogP contribution in [0.4, 0.5) is 5.69 Å². The molecule has 1 unspecified atom stereocenters. The number of hydrogen-bond donors (Lipinski definition) is 2. The van der Waals surface area contributed by atoms with E-state index in [9.17, 15) is 13.2 Å². The van der Waals surface area contributed by atoms with E-state index in [1.165, 1.54) is 22.5 Å². The van der Waals surface area contributed by atoms with Gasteiger partial charge in [0.15, 0.2) is 0 Å². The molecule has 0 aliphatic carbocycles. The molecule has 0 aromatic heterocycles. The van der Waals surface area contributed by atoms with Crippen molar-refractivity contribution in [2.45, 2.75) is 11.3 Å². The molecule has 2 rings (SSSR count). The van der Waals surface area contributed by atoms with Crippen molar-refractivity contribution in [3.63, 3.8) is 0 Å². The van der Waals surface area contributed by atoms with Crippen LogP contribution in [-0.2, 0) is 14.8 Å². The normalized spacial score (nSPS) is 19.8. The van der Waals surface area contributed by atoms with E-state index >= 15 is 0 Å². The van der Waals surface area contributed by atoms with Crippen molar-refractivity contribution in [3.8, 4) is 0 Å². The Labute approximate surface area is 123 Å². The van der Waals surface area contributed by atoms with Crippen LogP contribution in [0, 0.1) is 5.92 Å². The van der Waals surface area contributed by atoms with Gasteiger partial charge < -0.3 is 15.6 Å². The topological polar surface area (TPSA) is 110 Å². The molecule has 1 aromatic rings. The predicted molar refractivity (Wildman–Crippen MR) is 76.6 cm³/mol. The number of aromatic carboxylic acids is 1. The number of anilines is 1. The Balaban J connectivity index is 2.36. The Hall–Kier alpha value is -1.64. The summed E-state index contributed by atoms with van der Waals surface area (Å²) in [6.45, 7) is 1.16. The van der Waals surface area contributed by atoms with E-state index in [2.05, 4.69) is 0 Å². The van der Waals surface area contributed by atoms with Gasteiger partial charge in [-0.1, -0.05) is 0 Å². The van der Waals surface area contributed by atoms with Crippen molar-refractivity contribution in [1.82, 2.24) is 4.31 Å². The van der Waals surface area contributed by atoms with E-state index in [1.54, 1.807) is 7.11 Å². The van der Waals surface area contributed by atoms with Crippen LogP contribution in [0.1, 0.15) is 16.8 Å². The molecular formula is C13H18N2O5S. The SMILES string of the molecule is COCC1CCN(S(=O)(=O)c2cc(N)ccc2C(=O)O)C1. The fourth-order valence-corrected chi connectivity index (χ4v) is 4.20. The maximum Gasteiger partial charge on any atom is 0.337 e. The van der Waals surface area contributed by atoms with Crippen molar-refractivity contribution in [3.05, 3.63) is 23.8 Å². The van der Waals surface area contributed by atoms with Crippen LogP contribution in [0.3, 0.4) is 0 Å². The zero-order valence-corrected chi connectivity index (χ0v) is 12.5. The average molecular weight is 314 g/mol. The Kier molecular flexibility index (Phi) is 4.50. The van der Waals surface area contributed by atoms with Gasteiger partial charge in [-0.3, -0.25) is 0 Å². The maximum atomic E-state index is 12.6. The number of benzene rings is 1. The average Bonchev–Trinajstić information content (AvgIpc) is 2.88. The number of nitrogens with two attached hydrogens (primary N) is 1. The summed E-state index contributed by atoms with van der Waals surface area (Å²) in [6, 6.07) is 3.79. The van der Waals surface area contributed by atoms with Gasteiger partial charge in [-0.05, 0) is 30.5 Å². The first-order valence-electron chi connectivity index (χ1n) is 6.48. The highest BCUT2D eigenvalue weighted by molar-refractivity contribution is 7.89. The van der Waals surface area contributed by atoms with Crippen LogP contribution >= 0.6 is 0 Å². The largest absolute Gasteiger partial charge is 0.478 e. The molecule has 0 spiro atoms.